The molecule has 96 heavy (non-hydrogen) atoms. The third-order valence-corrected chi connectivity index (χ3v) is 21.3. The van der Waals surface area contributed by atoms with Crippen LogP contribution in [0.4, 0.5) is 17.1 Å². The lowest BCUT2D eigenvalue weighted by molar-refractivity contribution is 0.531. The zero-order valence-electron chi connectivity index (χ0n) is 62.0. The Bertz CT molecular complexity index is 4660. The molecule has 490 valence electrons. The molecule has 11 aromatic rings. The van der Waals surface area contributed by atoms with E-state index in [4.69, 9.17) is 9.97 Å². The Balaban J connectivity index is 1.23. The van der Waals surface area contributed by atoms with Crippen LogP contribution in [0.25, 0.3) is 72.0 Å². The monoisotopic (exact) mass is 1280 g/mol. The first-order chi connectivity index (χ1) is 44.6. The van der Waals surface area contributed by atoms with Gasteiger partial charge in [0.05, 0.1) is 16.7 Å². The molecule has 0 saturated heterocycles. The van der Waals surface area contributed by atoms with Gasteiger partial charge in [-0.1, -0.05) is 299 Å². The van der Waals surface area contributed by atoms with Gasteiger partial charge in [0, 0.05) is 93.2 Å². The fourth-order valence-electron chi connectivity index (χ4n) is 14.1. The molecule has 0 amide bonds. The Labute approximate surface area is 579 Å². The van der Waals surface area contributed by atoms with Crippen molar-refractivity contribution < 1.29 is 0 Å². The summed E-state index contributed by atoms with van der Waals surface area (Å²) in [4.78, 5) is 16.4. The molecule has 3 aromatic heterocycles. The first-order valence-corrected chi connectivity index (χ1v) is 35.9. The smallest absolute Gasteiger partial charge is 0.249 e. The molecule has 5 heterocycles. The number of nitrogens with zero attached hydrogens (tertiary/aromatic N) is 4. The van der Waals surface area contributed by atoms with Crippen LogP contribution in [0.3, 0.4) is 0 Å². The van der Waals surface area contributed by atoms with E-state index in [0.717, 1.165) is 62.1 Å². The second-order valence-electron chi connectivity index (χ2n) is 36.2. The van der Waals surface area contributed by atoms with Crippen molar-refractivity contribution in [3.8, 4) is 50.2 Å². The van der Waals surface area contributed by atoms with Crippen LogP contribution in [0.5, 0.6) is 0 Å². The predicted molar refractivity (Wildman–Crippen MR) is 418 cm³/mol. The maximum absolute atomic E-state index is 5.55. The van der Waals surface area contributed by atoms with E-state index in [2.05, 4.69) is 352 Å². The molecule has 0 radical (unpaired) electrons. The van der Waals surface area contributed by atoms with Crippen LogP contribution in [0.15, 0.2) is 186 Å². The van der Waals surface area contributed by atoms with E-state index in [1.165, 1.54) is 98.2 Å². The Kier molecular flexibility index (Phi) is 15.9. The molecule has 2 aliphatic rings. The van der Waals surface area contributed by atoms with Crippen LogP contribution in [-0.2, 0) is 43.3 Å². The standard InChI is InChI=1S/C90H101BN4S/c1-83(2,3)60-40-56(41-61(50-60)84(4,5)6)54-37-39-75-70(44-54)91-69-38-36-55(57-42-62(85(7,8)9)51-63(43-57)86(10,11)12)45-73(69)95(74-52-64(53-76(96-75)81(74)91)94-71-34-27-25-30-67(71)68-31-26-28-35-72(68)94)82-65(58-46-77(87(13,14)15)92-78(47-58)88(16,17)18)32-29-33-66(82)59-48-79(89(19,20)21)93-80(49-59)90(22,23)24/h25-53H,1-24H3. The second-order valence-corrected chi connectivity index (χ2v) is 37.3. The zero-order valence-corrected chi connectivity index (χ0v) is 62.8. The van der Waals surface area contributed by atoms with E-state index >= 15 is 0 Å². The molecule has 0 N–H and O–H groups in total. The van der Waals surface area contributed by atoms with E-state index < -0.39 is 0 Å². The Morgan fingerprint density at radius 3 is 1.14 bits per heavy atom. The zero-order chi connectivity index (χ0) is 69.1. The maximum atomic E-state index is 5.55. The highest BCUT2D eigenvalue weighted by Gasteiger charge is 2.44. The molecule has 0 saturated carbocycles. The van der Waals surface area contributed by atoms with Crippen LogP contribution in [-0.4, -0.2) is 21.2 Å². The number of hydrogen-bond acceptors (Lipinski definition) is 4. The number of fused-ring (bicyclic) bond motifs is 7. The Hall–Kier alpha value is -7.93. The van der Waals surface area contributed by atoms with Gasteiger partial charge in [-0.05, 0) is 149 Å². The predicted octanol–water partition coefficient (Wildman–Crippen LogP) is 23.4. The number of para-hydroxylation sites is 3. The molecule has 0 fully saturated rings. The van der Waals surface area contributed by atoms with Gasteiger partial charge in [0.25, 0.3) is 0 Å². The average molecular weight is 1280 g/mol. The molecule has 2 aliphatic heterocycles. The van der Waals surface area contributed by atoms with E-state index in [1.807, 2.05) is 11.8 Å². The fraction of sp³-hybridized carbons (Fsp3) is 0.356. The van der Waals surface area contributed by atoms with Crippen LogP contribution in [0, 0.1) is 0 Å². The van der Waals surface area contributed by atoms with Gasteiger partial charge in [-0.25, -0.2) is 0 Å². The Morgan fingerprint density at radius 1 is 0.312 bits per heavy atom. The van der Waals surface area contributed by atoms with Crippen molar-refractivity contribution in [1.29, 1.82) is 0 Å². The largest absolute Gasteiger partial charge is 0.310 e. The first kappa shape index (κ1) is 66.7. The Morgan fingerprint density at radius 2 is 0.719 bits per heavy atom. The average Bonchev–Trinajstić information content (AvgIpc) is 0.844. The van der Waals surface area contributed by atoms with Crippen LogP contribution in [0.1, 0.15) is 211 Å². The van der Waals surface area contributed by atoms with Gasteiger partial charge in [-0.2, -0.15) is 0 Å². The lowest BCUT2D eigenvalue weighted by atomic mass is 9.34. The quantitative estimate of drug-likeness (QED) is 0.155. The lowest BCUT2D eigenvalue weighted by Crippen LogP contribution is -2.60. The minimum absolute atomic E-state index is 0.0432. The van der Waals surface area contributed by atoms with Gasteiger partial charge < -0.3 is 9.47 Å². The van der Waals surface area contributed by atoms with E-state index in [9.17, 15) is 0 Å². The third kappa shape index (κ3) is 12.2. The highest BCUT2D eigenvalue weighted by atomic mass is 32.2. The molecule has 6 heteroatoms. The summed E-state index contributed by atoms with van der Waals surface area (Å²) in [6.45, 7) is 55.8. The van der Waals surface area contributed by atoms with Crippen LogP contribution < -0.4 is 21.3 Å². The van der Waals surface area contributed by atoms with E-state index in [0.29, 0.717) is 0 Å². The number of benzene rings is 8. The summed E-state index contributed by atoms with van der Waals surface area (Å²) >= 11 is 1.93. The maximum Gasteiger partial charge on any atom is 0.249 e. The van der Waals surface area contributed by atoms with Crippen molar-refractivity contribution in [3.63, 3.8) is 0 Å². The minimum atomic E-state index is -0.239. The number of anilines is 3. The lowest BCUT2D eigenvalue weighted by Gasteiger charge is -2.42. The van der Waals surface area contributed by atoms with Crippen molar-refractivity contribution in [2.45, 2.75) is 219 Å². The topological polar surface area (TPSA) is 34.0 Å². The van der Waals surface area contributed by atoms with Gasteiger partial charge in [0.2, 0.25) is 6.71 Å². The molecule has 0 bridgehead atoms. The van der Waals surface area contributed by atoms with Crippen molar-refractivity contribution in [2.24, 2.45) is 0 Å². The van der Waals surface area contributed by atoms with E-state index in [-0.39, 0.29) is 50.0 Å². The summed E-state index contributed by atoms with van der Waals surface area (Å²) in [7, 11) is 0. The molecular formula is C90H101BN4S. The summed E-state index contributed by atoms with van der Waals surface area (Å²) in [5.41, 5.74) is 28.8. The number of rotatable bonds is 6. The number of aromatic nitrogens is 3. The van der Waals surface area contributed by atoms with Crippen molar-refractivity contribution in [2.75, 3.05) is 4.90 Å². The summed E-state index contributed by atoms with van der Waals surface area (Å²) in [5, 5.41) is 2.48. The third-order valence-electron chi connectivity index (χ3n) is 20.2. The normalized spacial score (nSPS) is 14.0. The first-order valence-electron chi connectivity index (χ1n) is 35.1. The summed E-state index contributed by atoms with van der Waals surface area (Å²) in [6.07, 6.45) is 0. The van der Waals surface area contributed by atoms with Gasteiger partial charge in [-0.15, -0.1) is 0 Å². The van der Waals surface area contributed by atoms with Crippen molar-refractivity contribution in [1.82, 2.24) is 14.5 Å². The SMILES string of the molecule is CC(C)(C)c1cc(-c2ccc3c(c2)B2c4ccc(-c5cc(C(C)(C)C)cc(C(C)(C)C)c5)cc4N(c4c(-c5cc(C(C)(C)C)nc(C(C)(C)C)c5)cccc4-c4cc(C(C)(C)C)nc(C(C)(C)C)c4)c4cc(-n5c6ccccc6c6ccccc65)cc(c42)S3)cc(C(C)(C)C)c1. The van der Waals surface area contributed by atoms with Crippen LogP contribution >= 0.6 is 11.8 Å². The summed E-state index contributed by atoms with van der Waals surface area (Å²) in [6, 6.07) is 69.5. The van der Waals surface area contributed by atoms with E-state index in [1.54, 1.807) is 0 Å². The molecule has 13 rings (SSSR count). The second kappa shape index (κ2) is 22.8. The number of hydrogen-bond donors (Lipinski definition) is 0. The fourth-order valence-corrected chi connectivity index (χ4v) is 15.3. The van der Waals surface area contributed by atoms with Crippen molar-refractivity contribution >= 4 is 73.7 Å². The molecule has 0 aliphatic carbocycles. The van der Waals surface area contributed by atoms with Gasteiger partial charge >= 0.3 is 0 Å². The van der Waals surface area contributed by atoms with Gasteiger partial charge in [0.1, 0.15) is 0 Å². The summed E-state index contributed by atoms with van der Waals surface area (Å²) < 4.78 is 2.54. The van der Waals surface area contributed by atoms with Gasteiger partial charge in [-0.3, -0.25) is 9.97 Å². The molecule has 8 aromatic carbocycles. The molecular weight excluding hydrogens is 1180 g/mol. The van der Waals surface area contributed by atoms with Crippen LogP contribution in [0.2, 0.25) is 0 Å². The number of pyridine rings is 2. The van der Waals surface area contributed by atoms with Gasteiger partial charge in [0.15, 0.2) is 0 Å². The molecule has 0 spiro atoms. The molecule has 0 atom stereocenters. The highest BCUT2D eigenvalue weighted by molar-refractivity contribution is 8.00. The molecule has 0 unspecified atom stereocenters. The molecule has 4 nitrogen and oxygen atoms in total. The van der Waals surface area contributed by atoms with Crippen molar-refractivity contribution in [3.05, 3.63) is 221 Å². The minimum Gasteiger partial charge on any atom is -0.310 e. The summed E-state index contributed by atoms with van der Waals surface area (Å²) in [5.74, 6) is 0. The highest BCUT2D eigenvalue weighted by Crippen LogP contribution is 2.53.